The van der Waals surface area contributed by atoms with Crippen LogP contribution >= 0.6 is 0 Å². The van der Waals surface area contributed by atoms with Gasteiger partial charge in [0.1, 0.15) is 0 Å². The van der Waals surface area contributed by atoms with Gasteiger partial charge in [0.2, 0.25) is 17.1 Å². The van der Waals surface area contributed by atoms with E-state index in [-0.39, 0.29) is 4.70 Å². The van der Waals surface area contributed by atoms with Crippen LogP contribution in [0.5, 0.6) is 0 Å². The van der Waals surface area contributed by atoms with E-state index in [2.05, 4.69) is 162 Å². The van der Waals surface area contributed by atoms with Gasteiger partial charge in [-0.2, -0.15) is 4.58 Å². The highest BCUT2D eigenvalue weighted by molar-refractivity contribution is 6.33. The molecule has 0 aromatic heterocycles. The van der Waals surface area contributed by atoms with E-state index in [1.807, 2.05) is 0 Å². The predicted octanol–water partition coefficient (Wildman–Crippen LogP) is 6.65. The Morgan fingerprint density at radius 2 is 0.915 bits per heavy atom. The fraction of sp³-hybridized carbons (Fsp3) is 0.154. The Balaban J connectivity index is 0.000000822. The second kappa shape index (κ2) is 15.0. The topological polar surface area (TPSA) is 9.49 Å². The molecule has 0 atom stereocenters. The smallest absolute Gasteiger partial charge is 0.762 e. The lowest BCUT2D eigenvalue weighted by Crippen LogP contribution is -3.00. The molecule has 0 amide bonds. The summed E-state index contributed by atoms with van der Waals surface area (Å²) in [6.45, 7) is 0. The molecule has 1 saturated carbocycles. The summed E-state index contributed by atoms with van der Waals surface area (Å²) in [4.78, 5) is 4.67. The van der Waals surface area contributed by atoms with Crippen LogP contribution in [0, 0.1) is 0 Å². The van der Waals surface area contributed by atoms with Crippen LogP contribution in [0.3, 0.4) is 0 Å². The lowest BCUT2D eigenvalue weighted by atomic mass is 10.1. The first-order valence-electron chi connectivity index (χ1n) is 15.5. The van der Waals surface area contributed by atoms with Gasteiger partial charge in [-0.25, -0.2) is 0 Å². The normalized spacial score (nSPS) is 18.3. The maximum absolute atomic E-state index is 9.67. The molecule has 0 saturated heterocycles. The third-order valence-corrected chi connectivity index (χ3v) is 8.79. The third kappa shape index (κ3) is 7.33. The second-order valence-corrected chi connectivity index (χ2v) is 11.5. The van der Waals surface area contributed by atoms with Gasteiger partial charge in [0.05, 0.1) is 0 Å². The van der Waals surface area contributed by atoms with Gasteiger partial charge in [0.15, 0.2) is 0 Å². The number of likely N-dealkylation sites (N-methyl/N-ethyl adjacent to an activating group) is 2. The summed E-state index contributed by atoms with van der Waals surface area (Å²) in [5, 5.41) is 0. The number of hydrogen-bond donors (Lipinski definition) is 0. The van der Waals surface area contributed by atoms with Crippen molar-refractivity contribution in [2.75, 3.05) is 23.9 Å². The highest BCUT2D eigenvalue weighted by atomic mass is 19.4. The fourth-order valence-corrected chi connectivity index (χ4v) is 6.53. The number of fused-ring (bicyclic) bond motifs is 2. The first-order chi connectivity index (χ1) is 22.4. The lowest BCUT2D eigenvalue weighted by molar-refractivity contribution is -0.0000118. The summed E-state index contributed by atoms with van der Waals surface area (Å²) >= 11 is 0. The van der Waals surface area contributed by atoms with Gasteiger partial charge in [-0.3, -0.25) is 12.9 Å². The Hall–Kier alpha value is -5.11. The van der Waals surface area contributed by atoms with E-state index in [0.717, 1.165) is 25.7 Å². The highest BCUT2D eigenvalue weighted by Crippen LogP contribution is 2.37. The van der Waals surface area contributed by atoms with Crippen molar-refractivity contribution in [3.63, 3.8) is 0 Å². The van der Waals surface area contributed by atoms with E-state index in [9.17, 15) is 12.9 Å². The van der Waals surface area contributed by atoms with Crippen LogP contribution in [-0.4, -0.2) is 27.4 Å². The third-order valence-electron chi connectivity index (χ3n) is 8.79. The summed E-state index contributed by atoms with van der Waals surface area (Å²) < 4.78 is 31.4. The molecular weight excluding hydrogens is 597 g/mol. The Morgan fingerprint density at radius 1 is 0.553 bits per heavy atom. The molecule has 0 unspecified atom stereocenters. The molecule has 7 rings (SSSR count). The van der Waals surface area contributed by atoms with Crippen molar-refractivity contribution in [3.8, 4) is 0 Å². The SMILES string of the molecule is CN1C(=CC=C2CCC(=CC=C3Cc4ccccc4N3C)C2=[N+](c2ccccc2)c2ccccc2)Cc2ccccc21.FB(F)F.[F-]. The van der Waals surface area contributed by atoms with Gasteiger partial charge in [-0.1, -0.05) is 84.9 Å². The monoisotopic (exact) mass is 633 g/mol. The molecule has 4 aromatic carbocycles. The van der Waals surface area contributed by atoms with Crippen LogP contribution in [0.1, 0.15) is 24.0 Å². The molecule has 47 heavy (non-hydrogen) atoms. The second-order valence-electron chi connectivity index (χ2n) is 11.5. The molecule has 0 bridgehead atoms. The van der Waals surface area contributed by atoms with Crippen molar-refractivity contribution in [2.45, 2.75) is 25.7 Å². The molecule has 2 heterocycles. The number of nitrogens with zero attached hydrogens (tertiary/aromatic N) is 3. The van der Waals surface area contributed by atoms with Crippen LogP contribution in [-0.2, 0) is 12.8 Å². The van der Waals surface area contributed by atoms with Crippen LogP contribution in [0.15, 0.2) is 156 Å². The van der Waals surface area contributed by atoms with E-state index in [1.54, 1.807) is 0 Å². The van der Waals surface area contributed by atoms with E-state index >= 15 is 0 Å². The Morgan fingerprint density at radius 3 is 1.30 bits per heavy atom. The molecule has 0 N–H and O–H groups in total. The van der Waals surface area contributed by atoms with Gasteiger partial charge in [-0.05, 0) is 48.3 Å². The minimum Gasteiger partial charge on any atom is -1.00 e. The molecule has 2 aliphatic heterocycles. The first-order valence-corrected chi connectivity index (χ1v) is 15.5. The fourth-order valence-electron chi connectivity index (χ4n) is 6.53. The minimum absolute atomic E-state index is 0. The van der Waals surface area contributed by atoms with Crippen LogP contribution in [0.4, 0.5) is 35.7 Å². The zero-order valence-electron chi connectivity index (χ0n) is 26.5. The summed E-state index contributed by atoms with van der Waals surface area (Å²) in [5.41, 5.74) is 14.4. The van der Waals surface area contributed by atoms with Crippen molar-refractivity contribution in [2.24, 2.45) is 0 Å². The van der Waals surface area contributed by atoms with Gasteiger partial charge in [0.25, 0.3) is 0 Å². The molecule has 1 aliphatic carbocycles. The zero-order chi connectivity index (χ0) is 32.0. The van der Waals surface area contributed by atoms with Gasteiger partial charge < -0.3 is 14.5 Å². The molecule has 0 radical (unpaired) electrons. The van der Waals surface area contributed by atoms with Crippen LogP contribution in [0.25, 0.3) is 0 Å². The van der Waals surface area contributed by atoms with Gasteiger partial charge in [-0.15, -0.1) is 0 Å². The summed E-state index contributed by atoms with van der Waals surface area (Å²) in [6, 6.07) is 39.0. The van der Waals surface area contributed by atoms with E-state index in [1.165, 1.54) is 62.1 Å². The van der Waals surface area contributed by atoms with Crippen molar-refractivity contribution < 1.29 is 17.7 Å². The predicted molar refractivity (Wildman–Crippen MR) is 187 cm³/mol. The van der Waals surface area contributed by atoms with Crippen molar-refractivity contribution in [1.29, 1.82) is 0 Å². The molecule has 4 aromatic rings. The maximum Gasteiger partial charge on any atom is 0.762 e. The average Bonchev–Trinajstić information content (AvgIpc) is 3.73. The molecule has 3 nitrogen and oxygen atoms in total. The summed E-state index contributed by atoms with van der Waals surface area (Å²) in [7, 11) is 0.701. The molecular formula is C39H36BF4N3. The summed E-state index contributed by atoms with van der Waals surface area (Å²) in [5.74, 6) is 0. The Kier molecular flexibility index (Phi) is 10.6. The van der Waals surface area contributed by atoms with Gasteiger partial charge >= 0.3 is 7.54 Å². The highest BCUT2D eigenvalue weighted by Gasteiger charge is 2.32. The standard InChI is InChI=1S/C39H36N3.BF3.FH/c1-40-35(27-31-13-9-11-19-37(31)40)25-23-29-21-22-30(24-26-36-28-32-14-10-12-20-38(32)41(36)2)39(29)42(33-15-5-3-6-16-33)34-17-7-4-8-18-34;2-1(3)4;/h3-20,23-26H,21-22,27-28H2,1-2H3;;1H/q+1;;/p-1. The largest absolute Gasteiger partial charge is 1.00 e. The molecule has 0 spiro atoms. The summed E-state index contributed by atoms with van der Waals surface area (Å²) in [6.07, 6.45) is 13.4. The Bertz CT molecular complexity index is 1730. The quantitative estimate of drug-likeness (QED) is 0.142. The zero-order valence-corrected chi connectivity index (χ0v) is 26.5. The van der Waals surface area contributed by atoms with Gasteiger partial charge in [0, 0.05) is 85.1 Å². The molecule has 1 fully saturated rings. The van der Waals surface area contributed by atoms with Crippen molar-refractivity contribution >= 4 is 36.0 Å². The Labute approximate surface area is 274 Å². The number of hydrogen-bond acceptors (Lipinski definition) is 2. The van der Waals surface area contributed by atoms with Crippen LogP contribution in [0.2, 0.25) is 0 Å². The van der Waals surface area contributed by atoms with E-state index in [0.29, 0.717) is 0 Å². The number of rotatable bonds is 4. The lowest BCUT2D eigenvalue weighted by Gasteiger charge is -2.14. The molecule has 3 aliphatic rings. The van der Waals surface area contributed by atoms with Crippen molar-refractivity contribution in [1.82, 2.24) is 4.58 Å². The average molecular weight is 634 g/mol. The van der Waals surface area contributed by atoms with Crippen molar-refractivity contribution in [3.05, 3.63) is 167 Å². The number of halogens is 4. The molecule has 238 valence electrons. The van der Waals surface area contributed by atoms with Crippen LogP contribution < -0.4 is 19.1 Å². The van der Waals surface area contributed by atoms with E-state index < -0.39 is 7.54 Å². The number of allylic oxidation sites excluding steroid dienone is 8. The minimum atomic E-state index is -3.67. The number of anilines is 2. The number of benzene rings is 4. The van der Waals surface area contributed by atoms with E-state index in [4.69, 9.17) is 0 Å². The first kappa shape index (κ1) is 33.3. The number of para-hydroxylation sites is 4. The molecule has 8 heteroatoms. The maximum atomic E-state index is 9.67.